The minimum Gasteiger partial charge on any atom is -0.384 e. The maximum absolute atomic E-state index is 6.01. The van der Waals surface area contributed by atoms with Gasteiger partial charge in [-0.1, -0.05) is 18.2 Å². The van der Waals surface area contributed by atoms with Crippen LogP contribution in [-0.4, -0.2) is 9.55 Å². The predicted molar refractivity (Wildman–Crippen MR) is 65.2 cm³/mol. The fourth-order valence-corrected chi connectivity index (χ4v) is 1.78. The first-order chi connectivity index (χ1) is 7.24. The monoisotopic (exact) mass is 217 g/mol. The summed E-state index contributed by atoms with van der Waals surface area (Å²) in [6.45, 7) is 4.25. The van der Waals surface area contributed by atoms with Crippen molar-refractivity contribution in [3.8, 4) is 0 Å². The summed E-state index contributed by atoms with van der Waals surface area (Å²) in [6, 6.07) is 7.69. The van der Waals surface area contributed by atoms with Crippen molar-refractivity contribution in [3.05, 3.63) is 41.7 Å². The lowest BCUT2D eigenvalue weighted by Crippen LogP contribution is -2.08. The molecular weight excluding hydrogens is 206 g/mol. The smallest absolute Gasteiger partial charge is 0.201 e. The van der Waals surface area contributed by atoms with Gasteiger partial charge in [-0.2, -0.15) is 0 Å². The summed E-state index contributed by atoms with van der Waals surface area (Å²) in [5, 5.41) is 0.924. The molecule has 0 unspecified atom stereocenters. The average Bonchev–Trinajstić information content (AvgIpc) is 2.24. The number of anilines is 1. The highest BCUT2D eigenvalue weighted by atomic mass is 32.1. The van der Waals surface area contributed by atoms with Crippen molar-refractivity contribution < 1.29 is 0 Å². The normalized spacial score (nSPS) is 10.4. The molecule has 3 nitrogen and oxygen atoms in total. The molecule has 2 N–H and O–H groups in total. The number of aromatic nitrogens is 2. The van der Waals surface area contributed by atoms with Gasteiger partial charge in [0.1, 0.15) is 5.82 Å². The van der Waals surface area contributed by atoms with Gasteiger partial charge in [0.25, 0.3) is 0 Å². The first-order valence-corrected chi connectivity index (χ1v) is 5.01. The van der Waals surface area contributed by atoms with Crippen molar-refractivity contribution in [2.24, 2.45) is 0 Å². The van der Waals surface area contributed by atoms with Crippen molar-refractivity contribution in [1.82, 2.24) is 9.55 Å². The van der Waals surface area contributed by atoms with Crippen LogP contribution >= 0.6 is 12.2 Å². The topological polar surface area (TPSA) is 43.8 Å². The molecule has 76 valence electrons. The van der Waals surface area contributed by atoms with Gasteiger partial charge in [-0.05, 0) is 24.4 Å². The summed E-state index contributed by atoms with van der Waals surface area (Å²) in [6.07, 6.45) is 1.75. The zero-order chi connectivity index (χ0) is 10.8. The fourth-order valence-electron chi connectivity index (χ4n) is 1.51. The van der Waals surface area contributed by atoms with Crippen LogP contribution < -0.4 is 5.73 Å². The molecule has 1 heterocycles. The molecule has 15 heavy (non-hydrogen) atoms. The van der Waals surface area contributed by atoms with E-state index in [2.05, 4.69) is 11.6 Å². The Kier molecular flexibility index (Phi) is 2.51. The first kappa shape index (κ1) is 9.86. The van der Waals surface area contributed by atoms with E-state index < -0.39 is 0 Å². The zero-order valence-corrected chi connectivity index (χ0v) is 9.00. The molecule has 2 rings (SSSR count). The van der Waals surface area contributed by atoms with Gasteiger partial charge in [-0.25, -0.2) is 4.98 Å². The maximum atomic E-state index is 6.01. The van der Waals surface area contributed by atoms with Crippen molar-refractivity contribution in [3.63, 3.8) is 0 Å². The Hall–Kier alpha value is -1.68. The molecule has 0 aliphatic heterocycles. The van der Waals surface area contributed by atoms with Crippen LogP contribution in [0.1, 0.15) is 0 Å². The molecule has 0 aliphatic rings. The molecule has 1 aromatic carbocycles. The van der Waals surface area contributed by atoms with Crippen LogP contribution in [0.25, 0.3) is 10.9 Å². The number of nitrogens with two attached hydrogens (primary N) is 1. The van der Waals surface area contributed by atoms with Crippen molar-refractivity contribution in [2.75, 3.05) is 5.73 Å². The number of rotatable bonds is 2. The number of hydrogen-bond acceptors (Lipinski definition) is 3. The van der Waals surface area contributed by atoms with E-state index in [1.54, 1.807) is 10.6 Å². The molecule has 0 bridgehead atoms. The summed E-state index contributed by atoms with van der Waals surface area (Å²) >= 11 is 5.16. The highest BCUT2D eigenvalue weighted by Gasteiger charge is 2.03. The number of para-hydroxylation sites is 1. The van der Waals surface area contributed by atoms with Gasteiger partial charge in [-0.3, -0.25) is 4.57 Å². The summed E-state index contributed by atoms with van der Waals surface area (Å²) in [7, 11) is 0. The molecule has 4 heteroatoms. The van der Waals surface area contributed by atoms with E-state index >= 15 is 0 Å². The molecular formula is C11H11N3S. The maximum Gasteiger partial charge on any atom is 0.201 e. The first-order valence-electron chi connectivity index (χ1n) is 4.60. The summed E-state index contributed by atoms with van der Waals surface area (Å²) < 4.78 is 2.26. The largest absolute Gasteiger partial charge is 0.384 e. The molecule has 0 radical (unpaired) electrons. The van der Waals surface area contributed by atoms with E-state index in [1.807, 2.05) is 24.3 Å². The van der Waals surface area contributed by atoms with Crippen LogP contribution in [0.15, 0.2) is 36.9 Å². The third-order valence-electron chi connectivity index (χ3n) is 2.23. The Morgan fingerprint density at radius 2 is 2.20 bits per heavy atom. The Morgan fingerprint density at radius 1 is 1.47 bits per heavy atom. The van der Waals surface area contributed by atoms with Crippen LogP contribution in [0.5, 0.6) is 0 Å². The van der Waals surface area contributed by atoms with Gasteiger partial charge in [0.15, 0.2) is 0 Å². The molecule has 0 saturated carbocycles. The van der Waals surface area contributed by atoms with Crippen LogP contribution in [-0.2, 0) is 6.54 Å². The number of nitrogens with zero attached hydrogens (tertiary/aromatic N) is 2. The second-order valence-electron chi connectivity index (χ2n) is 3.20. The van der Waals surface area contributed by atoms with E-state index in [0.29, 0.717) is 17.1 Å². The lowest BCUT2D eigenvalue weighted by atomic mass is 10.2. The summed E-state index contributed by atoms with van der Waals surface area (Å²) in [4.78, 5) is 4.31. The van der Waals surface area contributed by atoms with Gasteiger partial charge < -0.3 is 5.73 Å². The molecule has 1 aromatic heterocycles. The average molecular weight is 217 g/mol. The SMILES string of the molecule is C=CCn1c(N)c2ccccc2nc1=S. The molecule has 0 saturated heterocycles. The lowest BCUT2D eigenvalue weighted by Gasteiger charge is -2.10. The Labute approximate surface area is 92.9 Å². The van der Waals surface area contributed by atoms with Crippen molar-refractivity contribution in [1.29, 1.82) is 0 Å². The third-order valence-corrected chi connectivity index (χ3v) is 2.54. The van der Waals surface area contributed by atoms with Gasteiger partial charge in [0.05, 0.1) is 5.52 Å². The minimum atomic E-state index is 0.492. The highest BCUT2D eigenvalue weighted by molar-refractivity contribution is 7.71. The third kappa shape index (κ3) is 1.64. The van der Waals surface area contributed by atoms with Crippen molar-refractivity contribution >= 4 is 28.9 Å². The second-order valence-corrected chi connectivity index (χ2v) is 3.56. The fraction of sp³-hybridized carbons (Fsp3) is 0.0909. The highest BCUT2D eigenvalue weighted by Crippen LogP contribution is 2.18. The molecule has 0 amide bonds. The van der Waals surface area contributed by atoms with Crippen molar-refractivity contribution in [2.45, 2.75) is 6.54 Å². The van der Waals surface area contributed by atoms with Crippen LogP contribution in [0.4, 0.5) is 5.82 Å². The molecule has 0 spiro atoms. The van der Waals surface area contributed by atoms with E-state index in [-0.39, 0.29) is 0 Å². The van der Waals surface area contributed by atoms with Gasteiger partial charge >= 0.3 is 0 Å². The van der Waals surface area contributed by atoms with Crippen LogP contribution in [0, 0.1) is 4.77 Å². The van der Waals surface area contributed by atoms with E-state index in [4.69, 9.17) is 18.0 Å². The molecule has 0 aliphatic carbocycles. The molecule has 2 aromatic rings. The van der Waals surface area contributed by atoms with Gasteiger partial charge in [0, 0.05) is 11.9 Å². The number of fused-ring (bicyclic) bond motifs is 1. The minimum absolute atomic E-state index is 0.492. The number of allylic oxidation sites excluding steroid dienone is 1. The quantitative estimate of drug-likeness (QED) is 0.621. The van der Waals surface area contributed by atoms with Crippen LogP contribution in [0.2, 0.25) is 0 Å². The second kappa shape index (κ2) is 3.82. The van der Waals surface area contributed by atoms with Crippen LogP contribution in [0.3, 0.4) is 0 Å². The number of nitrogen functional groups attached to an aromatic ring is 1. The summed E-state index contributed by atoms with van der Waals surface area (Å²) in [5.74, 6) is 0.644. The van der Waals surface area contributed by atoms with E-state index in [0.717, 1.165) is 10.9 Å². The van der Waals surface area contributed by atoms with E-state index in [1.165, 1.54) is 0 Å². The number of hydrogen-bond donors (Lipinski definition) is 1. The Balaban J connectivity index is 2.83. The zero-order valence-electron chi connectivity index (χ0n) is 8.18. The Morgan fingerprint density at radius 3 is 2.93 bits per heavy atom. The van der Waals surface area contributed by atoms with Gasteiger partial charge in [0.2, 0.25) is 4.77 Å². The molecule has 0 atom stereocenters. The summed E-state index contributed by atoms with van der Waals surface area (Å²) in [5.41, 5.74) is 6.85. The predicted octanol–water partition coefficient (Wildman–Crippen LogP) is 2.53. The van der Waals surface area contributed by atoms with Gasteiger partial charge in [-0.15, -0.1) is 6.58 Å². The number of benzene rings is 1. The molecule has 0 fully saturated rings. The Bertz CT molecular complexity index is 572. The lowest BCUT2D eigenvalue weighted by molar-refractivity contribution is 0.795. The standard InChI is InChI=1S/C11H11N3S/c1-2-7-14-10(12)8-5-3-4-6-9(8)13-11(14)15/h2-6H,1,7,12H2. The van der Waals surface area contributed by atoms with E-state index in [9.17, 15) is 0 Å².